The van der Waals surface area contributed by atoms with Crippen molar-refractivity contribution in [3.05, 3.63) is 0 Å². The molecule has 2 aliphatic heterocycles. The van der Waals surface area contributed by atoms with Crippen molar-refractivity contribution >= 4 is 11.8 Å². The molecular formula is C12H22N4O4. The molecule has 0 radical (unpaired) electrons. The first-order valence-electron chi connectivity index (χ1n) is 6.85. The summed E-state index contributed by atoms with van der Waals surface area (Å²) in [5.74, 6) is -1.05. The second kappa shape index (κ2) is 6.49. The molecule has 2 fully saturated rings. The number of rotatable bonds is 4. The highest BCUT2D eigenvalue weighted by Crippen LogP contribution is 2.21. The number of amides is 2. The molecule has 2 aliphatic rings. The van der Waals surface area contributed by atoms with E-state index >= 15 is 0 Å². The van der Waals surface area contributed by atoms with Crippen molar-refractivity contribution in [2.75, 3.05) is 26.3 Å². The Morgan fingerprint density at radius 3 is 1.75 bits per heavy atom. The summed E-state index contributed by atoms with van der Waals surface area (Å²) in [4.78, 5) is 26.7. The lowest BCUT2D eigenvalue weighted by atomic mass is 10.2. The zero-order valence-electron chi connectivity index (χ0n) is 11.7. The lowest BCUT2D eigenvalue weighted by molar-refractivity contribution is -0.192. The molecule has 0 aliphatic carbocycles. The number of carbonyl (C=O) groups is 2. The van der Waals surface area contributed by atoms with Crippen molar-refractivity contribution in [1.82, 2.24) is 9.80 Å². The number of hydrogen-bond acceptors (Lipinski definition) is 6. The van der Waals surface area contributed by atoms with Crippen LogP contribution >= 0.6 is 0 Å². The third-order valence-electron chi connectivity index (χ3n) is 3.72. The number of nitrogens with two attached hydrogens (primary N) is 2. The standard InChI is InChI=1S/C12H22N4O4/c1-8(15-4-2-6-19-11(15)9(13)17)16-5-3-7-20-12(16)10(14)18/h8,11-12H,2-7H2,1H3,(H2,13,17)(H2,14,18). The van der Waals surface area contributed by atoms with E-state index in [0.29, 0.717) is 26.3 Å². The van der Waals surface area contributed by atoms with Crippen LogP contribution in [0.25, 0.3) is 0 Å². The van der Waals surface area contributed by atoms with Crippen LogP contribution in [0, 0.1) is 0 Å². The Labute approximate surface area is 117 Å². The molecule has 0 aromatic carbocycles. The molecular weight excluding hydrogens is 264 g/mol. The summed E-state index contributed by atoms with van der Waals surface area (Å²) in [6, 6.07) is 0. The SMILES string of the molecule is CC(N1CCCOC1C(N)=O)N1CCCOC1C(N)=O. The summed E-state index contributed by atoms with van der Waals surface area (Å²) in [6.07, 6.45) is -0.136. The van der Waals surface area contributed by atoms with Crippen LogP contribution in [0.3, 0.4) is 0 Å². The van der Waals surface area contributed by atoms with E-state index in [2.05, 4.69) is 0 Å². The number of carbonyl (C=O) groups excluding carboxylic acids is 2. The first-order chi connectivity index (χ1) is 9.52. The summed E-state index contributed by atoms with van der Waals surface area (Å²) in [5, 5.41) is 0. The van der Waals surface area contributed by atoms with E-state index in [1.807, 2.05) is 16.7 Å². The van der Waals surface area contributed by atoms with Crippen LogP contribution in [0.4, 0.5) is 0 Å². The van der Waals surface area contributed by atoms with Crippen LogP contribution < -0.4 is 11.5 Å². The van der Waals surface area contributed by atoms with Gasteiger partial charge in [-0.2, -0.15) is 0 Å². The largest absolute Gasteiger partial charge is 0.366 e. The Kier molecular flexibility index (Phi) is 4.92. The zero-order valence-corrected chi connectivity index (χ0v) is 11.7. The molecule has 20 heavy (non-hydrogen) atoms. The number of primary amides is 2. The Morgan fingerprint density at radius 2 is 1.40 bits per heavy atom. The third kappa shape index (κ3) is 3.09. The van der Waals surface area contributed by atoms with E-state index in [9.17, 15) is 9.59 Å². The van der Waals surface area contributed by atoms with Gasteiger partial charge in [-0.15, -0.1) is 0 Å². The van der Waals surface area contributed by atoms with E-state index in [1.165, 1.54) is 0 Å². The monoisotopic (exact) mass is 286 g/mol. The number of hydrogen-bond donors (Lipinski definition) is 2. The maximum atomic E-state index is 11.5. The fraction of sp³-hybridized carbons (Fsp3) is 0.833. The fourth-order valence-corrected chi connectivity index (χ4v) is 2.76. The maximum absolute atomic E-state index is 11.5. The van der Waals surface area contributed by atoms with E-state index in [-0.39, 0.29) is 6.17 Å². The molecule has 0 saturated carbocycles. The first-order valence-corrected chi connectivity index (χ1v) is 6.85. The Bertz CT molecular complexity index is 344. The maximum Gasteiger partial charge on any atom is 0.261 e. The second-order valence-corrected chi connectivity index (χ2v) is 5.07. The molecule has 2 amide bonds. The van der Waals surface area contributed by atoms with Gasteiger partial charge in [0.2, 0.25) is 0 Å². The molecule has 2 rings (SSSR count). The van der Waals surface area contributed by atoms with Crippen LogP contribution in [0.15, 0.2) is 0 Å². The molecule has 2 saturated heterocycles. The fourth-order valence-electron chi connectivity index (χ4n) is 2.76. The van der Waals surface area contributed by atoms with Crippen molar-refractivity contribution in [2.24, 2.45) is 11.5 Å². The Hall–Kier alpha value is -1.22. The zero-order chi connectivity index (χ0) is 14.7. The van der Waals surface area contributed by atoms with E-state index in [4.69, 9.17) is 20.9 Å². The summed E-state index contributed by atoms with van der Waals surface area (Å²) in [5.41, 5.74) is 10.7. The second-order valence-electron chi connectivity index (χ2n) is 5.07. The molecule has 2 unspecified atom stereocenters. The van der Waals surface area contributed by atoms with Crippen molar-refractivity contribution in [1.29, 1.82) is 0 Å². The van der Waals surface area contributed by atoms with E-state index in [1.54, 1.807) is 0 Å². The molecule has 8 heteroatoms. The topological polar surface area (TPSA) is 111 Å². The minimum Gasteiger partial charge on any atom is -0.366 e. The van der Waals surface area contributed by atoms with E-state index in [0.717, 1.165) is 12.8 Å². The summed E-state index contributed by atoms with van der Waals surface area (Å²) in [6.45, 7) is 4.27. The molecule has 0 aromatic heterocycles. The van der Waals surface area contributed by atoms with Crippen LogP contribution in [0.2, 0.25) is 0 Å². The summed E-state index contributed by atoms with van der Waals surface area (Å²) >= 11 is 0. The molecule has 0 bridgehead atoms. The van der Waals surface area contributed by atoms with Gasteiger partial charge in [-0.05, 0) is 19.8 Å². The molecule has 2 atom stereocenters. The van der Waals surface area contributed by atoms with Gasteiger partial charge < -0.3 is 20.9 Å². The number of ether oxygens (including phenoxy) is 2. The Balaban J connectivity index is 2.12. The van der Waals surface area contributed by atoms with E-state index < -0.39 is 24.3 Å². The van der Waals surface area contributed by atoms with Crippen molar-refractivity contribution in [3.63, 3.8) is 0 Å². The van der Waals surface area contributed by atoms with Crippen molar-refractivity contribution < 1.29 is 19.1 Å². The predicted octanol–water partition coefficient (Wildman–Crippen LogP) is -1.60. The normalized spacial score (nSPS) is 30.9. The Morgan fingerprint density at radius 1 is 1.00 bits per heavy atom. The average molecular weight is 286 g/mol. The van der Waals surface area contributed by atoms with Crippen LogP contribution in [-0.2, 0) is 19.1 Å². The summed E-state index contributed by atoms with van der Waals surface area (Å²) in [7, 11) is 0. The smallest absolute Gasteiger partial charge is 0.261 e. The van der Waals surface area contributed by atoms with Crippen molar-refractivity contribution in [2.45, 2.75) is 38.4 Å². The van der Waals surface area contributed by atoms with Gasteiger partial charge in [0.1, 0.15) is 0 Å². The van der Waals surface area contributed by atoms with Crippen LogP contribution in [0.1, 0.15) is 19.8 Å². The molecule has 114 valence electrons. The summed E-state index contributed by atoms with van der Waals surface area (Å²) < 4.78 is 10.9. The van der Waals surface area contributed by atoms with Gasteiger partial charge in [0.15, 0.2) is 12.5 Å². The third-order valence-corrected chi connectivity index (χ3v) is 3.72. The minimum atomic E-state index is -0.769. The van der Waals surface area contributed by atoms with Gasteiger partial charge in [0, 0.05) is 13.1 Å². The highest BCUT2D eigenvalue weighted by atomic mass is 16.5. The van der Waals surface area contributed by atoms with Crippen LogP contribution in [0.5, 0.6) is 0 Å². The van der Waals surface area contributed by atoms with Gasteiger partial charge in [0.25, 0.3) is 11.8 Å². The highest BCUT2D eigenvalue weighted by Gasteiger charge is 2.39. The van der Waals surface area contributed by atoms with Crippen LogP contribution in [-0.4, -0.2) is 66.5 Å². The van der Waals surface area contributed by atoms with Gasteiger partial charge >= 0.3 is 0 Å². The number of nitrogens with zero attached hydrogens (tertiary/aromatic N) is 2. The predicted molar refractivity (Wildman–Crippen MR) is 70.0 cm³/mol. The quantitative estimate of drug-likeness (QED) is 0.644. The van der Waals surface area contributed by atoms with Gasteiger partial charge in [-0.25, -0.2) is 0 Å². The highest BCUT2D eigenvalue weighted by molar-refractivity contribution is 5.79. The molecule has 8 nitrogen and oxygen atoms in total. The van der Waals surface area contributed by atoms with Gasteiger partial charge in [-0.3, -0.25) is 19.4 Å². The van der Waals surface area contributed by atoms with Crippen molar-refractivity contribution in [3.8, 4) is 0 Å². The van der Waals surface area contributed by atoms with Gasteiger partial charge in [0.05, 0.1) is 19.4 Å². The first kappa shape index (κ1) is 15.2. The molecule has 4 N–H and O–H groups in total. The molecule has 0 spiro atoms. The minimum absolute atomic E-state index is 0.217. The molecule has 2 heterocycles. The van der Waals surface area contributed by atoms with Gasteiger partial charge in [-0.1, -0.05) is 0 Å². The average Bonchev–Trinajstić information content (AvgIpc) is 2.46. The molecule has 0 aromatic rings. The lowest BCUT2D eigenvalue weighted by Crippen LogP contribution is -2.63. The lowest BCUT2D eigenvalue weighted by Gasteiger charge is -2.45.